The van der Waals surface area contributed by atoms with Crippen LogP contribution < -0.4 is 10.6 Å². The van der Waals surface area contributed by atoms with Gasteiger partial charge in [-0.15, -0.1) is 0 Å². The Morgan fingerprint density at radius 1 is 0.765 bits per heavy atom. The van der Waals surface area contributed by atoms with Crippen LogP contribution in [0.2, 0.25) is 0 Å². The molecule has 0 bridgehead atoms. The Morgan fingerprint density at radius 2 is 1.41 bits per heavy atom. The molecular weight excluding hydrogens is 440 g/mol. The molecule has 6 nitrogen and oxygen atoms in total. The molecule has 5 rings (SSSR count). The van der Waals surface area contributed by atoms with Gasteiger partial charge in [0, 0.05) is 35.4 Å². The van der Waals surface area contributed by atoms with Gasteiger partial charge in [0.25, 0.3) is 0 Å². The quantitative estimate of drug-likeness (QED) is 0.116. The number of nitrogens with one attached hydrogen (secondary N) is 2. The van der Waals surface area contributed by atoms with E-state index in [0.717, 1.165) is 62.5 Å². The third-order valence-electron chi connectivity index (χ3n) is 6.09. The average molecular weight is 469 g/mol. The van der Waals surface area contributed by atoms with E-state index >= 15 is 0 Å². The van der Waals surface area contributed by atoms with E-state index in [1.54, 1.807) is 12.4 Å². The molecule has 0 aliphatic rings. The number of hydrogen-bond acceptors (Lipinski definition) is 5. The van der Waals surface area contributed by atoms with E-state index in [9.17, 15) is 0 Å². The van der Waals surface area contributed by atoms with E-state index in [4.69, 9.17) is 22.2 Å². The Hall–Kier alpha value is -3.45. The summed E-state index contributed by atoms with van der Waals surface area (Å²) < 4.78 is 0. The van der Waals surface area contributed by atoms with Gasteiger partial charge in [0.1, 0.15) is 11.0 Å². The summed E-state index contributed by atoms with van der Waals surface area (Å²) in [4.78, 5) is 19.1. The highest BCUT2D eigenvalue weighted by Gasteiger charge is 2.14. The van der Waals surface area contributed by atoms with E-state index in [2.05, 4.69) is 39.7 Å². The normalized spacial score (nSPS) is 11.4. The van der Waals surface area contributed by atoms with Crippen molar-refractivity contribution < 1.29 is 0 Å². The second-order valence-electron chi connectivity index (χ2n) is 8.57. The maximum absolute atomic E-state index is 5.49. The molecule has 0 fully saturated rings. The summed E-state index contributed by atoms with van der Waals surface area (Å²) >= 11 is 5.49. The minimum atomic E-state index is 0.629. The molecule has 0 amide bonds. The molecule has 0 atom stereocenters. The highest BCUT2D eigenvalue weighted by atomic mass is 32.1. The number of fused-ring (bicyclic) bond motifs is 7. The van der Waals surface area contributed by atoms with Crippen molar-refractivity contribution >= 4 is 66.9 Å². The summed E-state index contributed by atoms with van der Waals surface area (Å²) in [5.74, 6) is 0. The van der Waals surface area contributed by atoms with Gasteiger partial charge in [-0.2, -0.15) is 0 Å². The summed E-state index contributed by atoms with van der Waals surface area (Å²) in [5, 5.41) is 9.29. The fourth-order valence-corrected chi connectivity index (χ4v) is 4.59. The maximum Gasteiger partial charge on any atom is 0.170 e. The van der Waals surface area contributed by atoms with Gasteiger partial charge in [-0.05, 0) is 49.0 Å². The Morgan fingerprint density at radius 3 is 2.12 bits per heavy atom. The summed E-state index contributed by atoms with van der Waals surface area (Å²) in [5.41, 5.74) is 5.69. The number of hydrogen-bond donors (Lipinski definition) is 2. The molecule has 0 radical (unpaired) electrons. The van der Waals surface area contributed by atoms with Crippen LogP contribution in [0.3, 0.4) is 0 Å². The molecule has 0 spiro atoms. The number of aromatic nitrogens is 4. The molecule has 0 aliphatic heterocycles. The Labute approximate surface area is 204 Å². The predicted molar refractivity (Wildman–Crippen MR) is 145 cm³/mol. The van der Waals surface area contributed by atoms with Gasteiger partial charge in [0.05, 0.1) is 22.1 Å². The van der Waals surface area contributed by atoms with Crippen molar-refractivity contribution in [3.63, 3.8) is 0 Å². The first-order valence-electron chi connectivity index (χ1n) is 12.0. The van der Waals surface area contributed by atoms with Crippen molar-refractivity contribution in [1.82, 2.24) is 25.3 Å². The molecule has 3 aromatic heterocycles. The topological polar surface area (TPSA) is 75.6 Å². The molecule has 2 aromatic carbocycles. The summed E-state index contributed by atoms with van der Waals surface area (Å²) in [6, 6.07) is 13.9. The third kappa shape index (κ3) is 4.61. The number of benzene rings is 2. The van der Waals surface area contributed by atoms with Crippen LogP contribution in [-0.4, -0.2) is 31.6 Å². The maximum atomic E-state index is 5.49. The highest BCUT2D eigenvalue weighted by molar-refractivity contribution is 7.80. The SMILES string of the molecule is CCCCCCCCNC(=S)Nc1ccc2nc3c4ncccc4c4cccnc4c3nc2c1. The molecule has 3 heterocycles. The molecule has 7 heteroatoms. The van der Waals surface area contributed by atoms with E-state index in [1.807, 2.05) is 30.3 Å². The molecule has 0 aliphatic carbocycles. The lowest BCUT2D eigenvalue weighted by atomic mass is 10.1. The number of unbranched alkanes of at least 4 members (excludes halogenated alkanes) is 5. The fourth-order valence-electron chi connectivity index (χ4n) is 4.37. The standard InChI is InChI=1S/C27H28N6S/c1-2-3-4-5-6-7-14-30-27(34)31-18-12-13-21-22(17-18)33-26-24-20(11-9-16-29-24)19-10-8-15-28-23(19)25(26)32-21/h8-13,15-17H,2-7,14H2,1H3,(H2,30,31,34). The van der Waals surface area contributed by atoms with Crippen molar-refractivity contribution in [2.75, 3.05) is 11.9 Å². The van der Waals surface area contributed by atoms with Crippen LogP contribution in [0.4, 0.5) is 5.69 Å². The minimum Gasteiger partial charge on any atom is -0.362 e. The number of thiocarbonyl (C=S) groups is 1. The zero-order valence-corrected chi connectivity index (χ0v) is 20.2. The van der Waals surface area contributed by atoms with Gasteiger partial charge < -0.3 is 10.6 Å². The van der Waals surface area contributed by atoms with Gasteiger partial charge >= 0.3 is 0 Å². The fraction of sp³-hybridized carbons (Fsp3) is 0.296. The van der Waals surface area contributed by atoms with Crippen molar-refractivity contribution in [2.24, 2.45) is 0 Å². The van der Waals surface area contributed by atoms with Crippen LogP contribution in [-0.2, 0) is 0 Å². The van der Waals surface area contributed by atoms with Crippen molar-refractivity contribution in [3.8, 4) is 0 Å². The number of rotatable bonds is 8. The molecule has 0 saturated heterocycles. The lowest BCUT2D eigenvalue weighted by molar-refractivity contribution is 0.603. The van der Waals surface area contributed by atoms with Crippen molar-refractivity contribution in [2.45, 2.75) is 45.4 Å². The van der Waals surface area contributed by atoms with E-state index in [-0.39, 0.29) is 0 Å². The van der Waals surface area contributed by atoms with E-state index < -0.39 is 0 Å². The van der Waals surface area contributed by atoms with Crippen LogP contribution in [0.15, 0.2) is 54.9 Å². The van der Waals surface area contributed by atoms with Gasteiger partial charge in [-0.1, -0.05) is 51.2 Å². The van der Waals surface area contributed by atoms with Gasteiger partial charge in [0.15, 0.2) is 5.11 Å². The molecule has 172 valence electrons. The summed E-state index contributed by atoms with van der Waals surface area (Å²) in [6.07, 6.45) is 11.2. The first kappa shape index (κ1) is 22.3. The largest absolute Gasteiger partial charge is 0.362 e. The first-order valence-corrected chi connectivity index (χ1v) is 12.4. The summed E-state index contributed by atoms with van der Waals surface area (Å²) in [6.45, 7) is 3.12. The number of pyridine rings is 2. The van der Waals surface area contributed by atoms with Crippen LogP contribution >= 0.6 is 12.2 Å². The average Bonchev–Trinajstić information content (AvgIpc) is 2.87. The van der Waals surface area contributed by atoms with Crippen molar-refractivity contribution in [1.29, 1.82) is 0 Å². The number of nitrogens with zero attached hydrogens (tertiary/aromatic N) is 4. The van der Waals surface area contributed by atoms with Gasteiger partial charge in [0.2, 0.25) is 0 Å². The molecule has 5 aromatic rings. The molecule has 0 saturated carbocycles. The Bertz CT molecular complexity index is 1480. The van der Waals surface area contributed by atoms with E-state index in [1.165, 1.54) is 32.1 Å². The highest BCUT2D eigenvalue weighted by Crippen LogP contribution is 2.32. The zero-order chi connectivity index (χ0) is 23.3. The lowest BCUT2D eigenvalue weighted by Crippen LogP contribution is -2.29. The van der Waals surface area contributed by atoms with Gasteiger partial charge in [-0.3, -0.25) is 9.97 Å². The Balaban J connectivity index is 1.39. The lowest BCUT2D eigenvalue weighted by Gasteiger charge is -2.12. The molecule has 34 heavy (non-hydrogen) atoms. The van der Waals surface area contributed by atoms with E-state index in [0.29, 0.717) is 5.11 Å². The zero-order valence-electron chi connectivity index (χ0n) is 19.3. The van der Waals surface area contributed by atoms with Crippen LogP contribution in [0, 0.1) is 0 Å². The minimum absolute atomic E-state index is 0.629. The van der Waals surface area contributed by atoms with Crippen molar-refractivity contribution in [3.05, 3.63) is 54.9 Å². The summed E-state index contributed by atoms with van der Waals surface area (Å²) in [7, 11) is 0. The monoisotopic (exact) mass is 468 g/mol. The second-order valence-corrected chi connectivity index (χ2v) is 8.98. The second kappa shape index (κ2) is 10.2. The smallest absolute Gasteiger partial charge is 0.170 e. The molecule has 0 unspecified atom stereocenters. The van der Waals surface area contributed by atoms with Crippen LogP contribution in [0.25, 0.3) is 43.9 Å². The van der Waals surface area contributed by atoms with Crippen LogP contribution in [0.1, 0.15) is 45.4 Å². The molecule has 2 N–H and O–H groups in total. The first-order chi connectivity index (χ1) is 16.7. The predicted octanol–water partition coefficient (Wildman–Crippen LogP) is 6.53. The van der Waals surface area contributed by atoms with Gasteiger partial charge in [-0.25, -0.2) is 9.97 Å². The van der Waals surface area contributed by atoms with Crippen LogP contribution in [0.5, 0.6) is 0 Å². The number of anilines is 1. The Kier molecular flexibility index (Phi) is 6.72. The third-order valence-corrected chi connectivity index (χ3v) is 6.34. The molecular formula is C27H28N6S.